The molecule has 1 unspecified atom stereocenters. The Kier molecular flexibility index (Phi) is 5.01. The number of nitrogens with zero attached hydrogens (tertiary/aromatic N) is 1. The van der Waals surface area contributed by atoms with Crippen molar-refractivity contribution in [1.29, 1.82) is 0 Å². The topological polar surface area (TPSA) is 41.6 Å². The summed E-state index contributed by atoms with van der Waals surface area (Å²) in [5.41, 5.74) is 2.50. The summed E-state index contributed by atoms with van der Waals surface area (Å²) in [5.74, 6) is 1.13. The van der Waals surface area contributed by atoms with Gasteiger partial charge in [-0.15, -0.1) is 0 Å². The average Bonchev–Trinajstić information content (AvgIpc) is 2.86. The van der Waals surface area contributed by atoms with Crippen molar-refractivity contribution in [1.82, 2.24) is 10.2 Å². The number of hydrogen-bond acceptors (Lipinski definition) is 3. The zero-order valence-corrected chi connectivity index (χ0v) is 12.6. The largest absolute Gasteiger partial charge is 0.493 e. The van der Waals surface area contributed by atoms with Crippen molar-refractivity contribution in [2.75, 3.05) is 27.2 Å². The molecule has 2 rings (SSSR count). The van der Waals surface area contributed by atoms with Crippen LogP contribution in [-0.2, 0) is 11.2 Å². The molecule has 1 aliphatic heterocycles. The van der Waals surface area contributed by atoms with Gasteiger partial charge in [-0.3, -0.25) is 4.79 Å². The van der Waals surface area contributed by atoms with Gasteiger partial charge in [0.2, 0.25) is 5.91 Å². The number of likely N-dealkylation sites (N-methyl/N-ethyl adjacent to an activating group) is 1. The van der Waals surface area contributed by atoms with Crippen molar-refractivity contribution < 1.29 is 9.53 Å². The molecule has 4 nitrogen and oxygen atoms in total. The van der Waals surface area contributed by atoms with E-state index in [0.717, 1.165) is 25.2 Å². The van der Waals surface area contributed by atoms with Crippen molar-refractivity contribution >= 4 is 5.91 Å². The summed E-state index contributed by atoms with van der Waals surface area (Å²) in [5, 5.41) is 3.02. The zero-order valence-electron chi connectivity index (χ0n) is 12.6. The third-order valence-corrected chi connectivity index (χ3v) is 3.69. The molecule has 1 N–H and O–H groups in total. The van der Waals surface area contributed by atoms with Crippen LogP contribution in [0.4, 0.5) is 0 Å². The molecule has 1 heterocycles. The van der Waals surface area contributed by atoms with E-state index < -0.39 is 0 Å². The van der Waals surface area contributed by atoms with Crippen molar-refractivity contribution in [3.05, 3.63) is 29.3 Å². The fourth-order valence-electron chi connectivity index (χ4n) is 2.54. The first-order valence-electron chi connectivity index (χ1n) is 7.30. The molecule has 0 aromatic heterocycles. The van der Waals surface area contributed by atoms with Gasteiger partial charge in [-0.25, -0.2) is 0 Å². The van der Waals surface area contributed by atoms with Crippen LogP contribution in [0.1, 0.15) is 36.9 Å². The molecule has 110 valence electrons. The van der Waals surface area contributed by atoms with Crippen LogP contribution in [0.15, 0.2) is 18.2 Å². The summed E-state index contributed by atoms with van der Waals surface area (Å²) in [6, 6.07) is 6.55. The third-order valence-electron chi connectivity index (χ3n) is 3.69. The minimum absolute atomic E-state index is 0.129. The van der Waals surface area contributed by atoms with Crippen molar-refractivity contribution in [2.24, 2.45) is 0 Å². The zero-order chi connectivity index (χ0) is 14.5. The lowest BCUT2D eigenvalue weighted by Crippen LogP contribution is -2.34. The standard InChI is InChI=1S/C16H24N2O2/c1-4-5-16(19)17-11-14(18(2)3)12-6-7-15-13(10-12)8-9-20-15/h6-7,10,14H,4-5,8-9,11H2,1-3H3,(H,17,19). The highest BCUT2D eigenvalue weighted by atomic mass is 16.5. The number of rotatable bonds is 6. The molecule has 1 atom stereocenters. The van der Waals surface area contributed by atoms with Crippen molar-refractivity contribution in [3.8, 4) is 5.75 Å². The van der Waals surface area contributed by atoms with Gasteiger partial charge in [0, 0.05) is 19.4 Å². The highest BCUT2D eigenvalue weighted by molar-refractivity contribution is 5.75. The molecule has 1 aromatic rings. The van der Waals surface area contributed by atoms with Gasteiger partial charge in [-0.1, -0.05) is 19.1 Å². The molecule has 4 heteroatoms. The summed E-state index contributed by atoms with van der Waals surface area (Å²) in [4.78, 5) is 13.8. The summed E-state index contributed by atoms with van der Waals surface area (Å²) in [6.07, 6.45) is 2.46. The lowest BCUT2D eigenvalue weighted by molar-refractivity contribution is -0.121. The highest BCUT2D eigenvalue weighted by Crippen LogP contribution is 2.29. The maximum Gasteiger partial charge on any atom is 0.220 e. The summed E-state index contributed by atoms with van der Waals surface area (Å²) >= 11 is 0. The van der Waals surface area contributed by atoms with Crippen LogP contribution in [0.25, 0.3) is 0 Å². The number of ether oxygens (including phenoxy) is 1. The normalized spacial score (nSPS) is 14.8. The maximum atomic E-state index is 11.6. The number of fused-ring (bicyclic) bond motifs is 1. The lowest BCUT2D eigenvalue weighted by atomic mass is 10.0. The van der Waals surface area contributed by atoms with E-state index in [1.165, 1.54) is 11.1 Å². The molecule has 1 amide bonds. The van der Waals surface area contributed by atoms with Crippen molar-refractivity contribution in [3.63, 3.8) is 0 Å². The molecule has 0 spiro atoms. The number of hydrogen-bond donors (Lipinski definition) is 1. The molecule has 0 bridgehead atoms. The predicted octanol–water partition coefficient (Wildman–Crippen LogP) is 2.14. The Bertz CT molecular complexity index is 472. The quantitative estimate of drug-likeness (QED) is 0.865. The Morgan fingerprint density at radius 3 is 2.95 bits per heavy atom. The van der Waals surface area contributed by atoms with E-state index in [9.17, 15) is 4.79 Å². The van der Waals surface area contributed by atoms with Crippen LogP contribution in [0.2, 0.25) is 0 Å². The molecule has 1 aliphatic rings. The summed E-state index contributed by atoms with van der Waals surface area (Å²) < 4.78 is 5.54. The first-order chi connectivity index (χ1) is 9.61. The molecule has 0 fully saturated rings. The van der Waals surface area contributed by atoms with Crippen LogP contribution in [0, 0.1) is 0 Å². The number of carbonyl (C=O) groups excluding carboxylic acids is 1. The van der Waals surface area contributed by atoms with E-state index in [-0.39, 0.29) is 11.9 Å². The Hall–Kier alpha value is -1.55. The third kappa shape index (κ3) is 3.51. The van der Waals surface area contributed by atoms with E-state index in [1.807, 2.05) is 27.1 Å². The summed E-state index contributed by atoms with van der Waals surface area (Å²) in [6.45, 7) is 3.44. The van der Waals surface area contributed by atoms with Crippen LogP contribution >= 0.6 is 0 Å². The minimum Gasteiger partial charge on any atom is -0.493 e. The molecule has 0 aliphatic carbocycles. The van der Waals surface area contributed by atoms with E-state index in [2.05, 4.69) is 22.3 Å². The van der Waals surface area contributed by atoms with Gasteiger partial charge in [0.15, 0.2) is 0 Å². The van der Waals surface area contributed by atoms with Gasteiger partial charge in [0.1, 0.15) is 5.75 Å². The number of carbonyl (C=O) groups is 1. The van der Waals surface area contributed by atoms with Gasteiger partial charge in [-0.2, -0.15) is 0 Å². The first-order valence-corrected chi connectivity index (χ1v) is 7.30. The SMILES string of the molecule is CCCC(=O)NCC(c1ccc2c(c1)CCO2)N(C)C. The molecular weight excluding hydrogens is 252 g/mol. The first kappa shape index (κ1) is 14.9. The number of benzene rings is 1. The van der Waals surface area contributed by atoms with Crippen LogP contribution in [0.3, 0.4) is 0 Å². The van der Waals surface area contributed by atoms with Crippen LogP contribution in [-0.4, -0.2) is 38.1 Å². The number of nitrogens with one attached hydrogen (secondary N) is 1. The lowest BCUT2D eigenvalue weighted by Gasteiger charge is -2.25. The molecule has 0 radical (unpaired) electrons. The Balaban J connectivity index is 2.06. The molecule has 0 saturated heterocycles. The minimum atomic E-state index is 0.129. The van der Waals surface area contributed by atoms with Gasteiger partial charge in [0.05, 0.1) is 12.6 Å². The van der Waals surface area contributed by atoms with Gasteiger partial charge < -0.3 is 15.0 Å². The van der Waals surface area contributed by atoms with Crippen molar-refractivity contribution in [2.45, 2.75) is 32.2 Å². The number of amides is 1. The second-order valence-corrected chi connectivity index (χ2v) is 5.50. The monoisotopic (exact) mass is 276 g/mol. The fraction of sp³-hybridized carbons (Fsp3) is 0.562. The fourth-order valence-corrected chi connectivity index (χ4v) is 2.54. The Morgan fingerprint density at radius 2 is 2.25 bits per heavy atom. The molecule has 0 saturated carbocycles. The predicted molar refractivity (Wildman–Crippen MR) is 80.0 cm³/mol. The van der Waals surface area contributed by atoms with E-state index in [1.54, 1.807) is 0 Å². The van der Waals surface area contributed by atoms with E-state index in [4.69, 9.17) is 4.74 Å². The smallest absolute Gasteiger partial charge is 0.220 e. The van der Waals surface area contributed by atoms with Gasteiger partial charge in [-0.05, 0) is 37.7 Å². The van der Waals surface area contributed by atoms with Gasteiger partial charge in [0.25, 0.3) is 0 Å². The average molecular weight is 276 g/mol. The maximum absolute atomic E-state index is 11.6. The highest BCUT2D eigenvalue weighted by Gasteiger charge is 2.19. The summed E-state index contributed by atoms with van der Waals surface area (Å²) in [7, 11) is 4.08. The van der Waals surface area contributed by atoms with Crippen LogP contribution < -0.4 is 10.1 Å². The second-order valence-electron chi connectivity index (χ2n) is 5.50. The van der Waals surface area contributed by atoms with Crippen LogP contribution in [0.5, 0.6) is 5.75 Å². The van der Waals surface area contributed by atoms with E-state index in [0.29, 0.717) is 13.0 Å². The molecular formula is C16H24N2O2. The Labute approximate surface area is 121 Å². The van der Waals surface area contributed by atoms with E-state index >= 15 is 0 Å². The second kappa shape index (κ2) is 6.75. The Morgan fingerprint density at radius 1 is 1.45 bits per heavy atom. The molecule has 1 aromatic carbocycles. The molecule has 20 heavy (non-hydrogen) atoms. The van der Waals surface area contributed by atoms with Gasteiger partial charge >= 0.3 is 0 Å².